The quantitative estimate of drug-likeness (QED) is 0.681. The molecule has 0 saturated heterocycles. The summed E-state index contributed by atoms with van der Waals surface area (Å²) in [6.45, 7) is 2.69. The number of aryl methyl sites for hydroxylation is 1. The fourth-order valence-corrected chi connectivity index (χ4v) is 3.01. The molecule has 0 N–H and O–H groups in total. The van der Waals surface area contributed by atoms with E-state index in [1.165, 1.54) is 5.56 Å². The molecule has 0 radical (unpaired) electrons. The van der Waals surface area contributed by atoms with Gasteiger partial charge in [0.1, 0.15) is 0 Å². The summed E-state index contributed by atoms with van der Waals surface area (Å²) < 4.78 is 0. The molecular weight excluding hydrogens is 258 g/mol. The maximum absolute atomic E-state index is 12.7. The number of carbonyl (C=O) groups is 1. The molecule has 2 nitrogen and oxygen atoms in total. The van der Waals surface area contributed by atoms with Crippen molar-refractivity contribution in [3.05, 3.63) is 77.4 Å². The van der Waals surface area contributed by atoms with Gasteiger partial charge in [-0.3, -0.25) is 4.79 Å². The van der Waals surface area contributed by atoms with E-state index < -0.39 is 0 Å². The molecule has 3 aromatic carbocycles. The molecular formula is C19H15NO. The number of rotatable bonds is 2. The van der Waals surface area contributed by atoms with Gasteiger partial charge in [-0.05, 0) is 30.0 Å². The molecule has 0 fully saturated rings. The van der Waals surface area contributed by atoms with Crippen LogP contribution >= 0.6 is 0 Å². The lowest BCUT2D eigenvalue weighted by Crippen LogP contribution is -2.25. The Hall–Kier alpha value is -2.61. The molecule has 2 heteroatoms. The lowest BCUT2D eigenvalue weighted by Gasteiger charge is -2.18. The van der Waals surface area contributed by atoms with Crippen molar-refractivity contribution in [2.24, 2.45) is 0 Å². The number of hydrogen-bond donors (Lipinski definition) is 0. The van der Waals surface area contributed by atoms with E-state index in [1.54, 1.807) is 0 Å². The van der Waals surface area contributed by atoms with Crippen LogP contribution in [0.4, 0.5) is 5.69 Å². The van der Waals surface area contributed by atoms with E-state index in [-0.39, 0.29) is 5.91 Å². The molecule has 0 aromatic heterocycles. The van der Waals surface area contributed by atoms with Crippen LogP contribution in [0.2, 0.25) is 0 Å². The maximum atomic E-state index is 12.7. The third-order valence-electron chi connectivity index (χ3n) is 4.11. The number of nitrogens with zero attached hydrogens (tertiary/aromatic N) is 1. The van der Waals surface area contributed by atoms with E-state index in [0.717, 1.165) is 27.6 Å². The highest BCUT2D eigenvalue weighted by Gasteiger charge is 2.29. The van der Waals surface area contributed by atoms with E-state index in [0.29, 0.717) is 6.54 Å². The van der Waals surface area contributed by atoms with Crippen molar-refractivity contribution in [3.8, 4) is 0 Å². The van der Waals surface area contributed by atoms with Crippen LogP contribution in [0, 0.1) is 6.92 Å². The van der Waals surface area contributed by atoms with Crippen LogP contribution in [0.5, 0.6) is 0 Å². The lowest BCUT2D eigenvalue weighted by molar-refractivity contribution is 0.0991. The van der Waals surface area contributed by atoms with Crippen molar-refractivity contribution in [3.63, 3.8) is 0 Å². The van der Waals surface area contributed by atoms with Crippen LogP contribution in [-0.4, -0.2) is 5.91 Å². The van der Waals surface area contributed by atoms with E-state index in [9.17, 15) is 4.79 Å². The Morgan fingerprint density at radius 1 is 0.905 bits per heavy atom. The first-order valence-electron chi connectivity index (χ1n) is 7.13. The highest BCUT2D eigenvalue weighted by Crippen LogP contribution is 2.37. The Balaban J connectivity index is 1.80. The van der Waals surface area contributed by atoms with Crippen molar-refractivity contribution >= 4 is 22.4 Å². The topological polar surface area (TPSA) is 20.3 Å². The molecule has 0 unspecified atom stereocenters. The van der Waals surface area contributed by atoms with Crippen molar-refractivity contribution in [2.45, 2.75) is 13.5 Å². The van der Waals surface area contributed by atoms with Crippen LogP contribution < -0.4 is 4.90 Å². The Morgan fingerprint density at radius 3 is 2.38 bits per heavy atom. The molecule has 1 aliphatic rings. The van der Waals surface area contributed by atoms with Gasteiger partial charge in [-0.2, -0.15) is 0 Å². The summed E-state index contributed by atoms with van der Waals surface area (Å²) in [5.41, 5.74) is 4.22. The summed E-state index contributed by atoms with van der Waals surface area (Å²) in [6, 6.07) is 20.4. The van der Waals surface area contributed by atoms with Gasteiger partial charge in [0, 0.05) is 10.9 Å². The number of amides is 1. The van der Waals surface area contributed by atoms with Gasteiger partial charge in [0.25, 0.3) is 5.91 Å². The van der Waals surface area contributed by atoms with E-state index in [2.05, 4.69) is 43.3 Å². The van der Waals surface area contributed by atoms with Crippen LogP contribution in [0.25, 0.3) is 10.8 Å². The SMILES string of the molecule is Cc1ccc(CN2C(=O)c3cccc4cccc2c34)cc1. The first-order valence-corrected chi connectivity index (χ1v) is 7.13. The average Bonchev–Trinajstić information content (AvgIpc) is 2.78. The van der Waals surface area contributed by atoms with Crippen LogP contribution in [0.3, 0.4) is 0 Å². The highest BCUT2D eigenvalue weighted by atomic mass is 16.2. The minimum absolute atomic E-state index is 0.0994. The minimum atomic E-state index is 0.0994. The molecule has 1 aliphatic heterocycles. The predicted octanol–water partition coefficient (Wildman–Crippen LogP) is 4.31. The van der Waals surface area contributed by atoms with Crippen molar-refractivity contribution in [1.29, 1.82) is 0 Å². The molecule has 0 spiro atoms. The third kappa shape index (κ3) is 1.83. The number of carbonyl (C=O) groups excluding carboxylic acids is 1. The summed E-state index contributed by atoms with van der Waals surface area (Å²) in [5.74, 6) is 0.0994. The zero-order valence-corrected chi connectivity index (χ0v) is 11.8. The van der Waals surface area contributed by atoms with E-state index in [1.807, 2.05) is 29.2 Å². The van der Waals surface area contributed by atoms with Crippen LogP contribution in [0.15, 0.2) is 60.7 Å². The molecule has 0 aliphatic carbocycles. The second kappa shape index (κ2) is 4.45. The standard InChI is InChI=1S/C19H15NO/c1-13-8-10-14(11-9-13)12-20-17-7-3-5-15-4-2-6-16(18(15)17)19(20)21/h2-11H,12H2,1H3. The van der Waals surface area contributed by atoms with Gasteiger partial charge in [0.05, 0.1) is 12.2 Å². The molecule has 102 valence electrons. The number of benzene rings is 3. The van der Waals surface area contributed by atoms with Gasteiger partial charge in [-0.15, -0.1) is 0 Å². The Labute approximate surface area is 123 Å². The molecule has 1 amide bonds. The highest BCUT2D eigenvalue weighted by molar-refractivity contribution is 6.24. The second-order valence-electron chi connectivity index (χ2n) is 5.56. The molecule has 0 bridgehead atoms. The van der Waals surface area contributed by atoms with Gasteiger partial charge in [0.15, 0.2) is 0 Å². The van der Waals surface area contributed by atoms with Crippen molar-refractivity contribution < 1.29 is 4.79 Å². The monoisotopic (exact) mass is 273 g/mol. The van der Waals surface area contributed by atoms with E-state index >= 15 is 0 Å². The first-order chi connectivity index (χ1) is 10.2. The first kappa shape index (κ1) is 12.2. The van der Waals surface area contributed by atoms with Gasteiger partial charge >= 0.3 is 0 Å². The Bertz CT molecular complexity index is 844. The van der Waals surface area contributed by atoms with Crippen molar-refractivity contribution in [1.82, 2.24) is 0 Å². The summed E-state index contributed by atoms with van der Waals surface area (Å²) in [5, 5.41) is 2.21. The number of anilines is 1. The predicted molar refractivity (Wildman–Crippen MR) is 85.6 cm³/mol. The summed E-state index contributed by atoms with van der Waals surface area (Å²) in [7, 11) is 0. The molecule has 0 saturated carbocycles. The summed E-state index contributed by atoms with van der Waals surface area (Å²) >= 11 is 0. The van der Waals surface area contributed by atoms with Crippen LogP contribution in [-0.2, 0) is 6.54 Å². The zero-order chi connectivity index (χ0) is 14.4. The molecule has 0 atom stereocenters. The van der Waals surface area contributed by atoms with Gasteiger partial charge in [-0.1, -0.05) is 54.1 Å². The maximum Gasteiger partial charge on any atom is 0.259 e. The van der Waals surface area contributed by atoms with Gasteiger partial charge < -0.3 is 4.90 Å². The zero-order valence-electron chi connectivity index (χ0n) is 11.8. The fourth-order valence-electron chi connectivity index (χ4n) is 3.01. The molecule has 3 aromatic rings. The average molecular weight is 273 g/mol. The lowest BCUT2D eigenvalue weighted by atomic mass is 10.1. The molecule has 1 heterocycles. The van der Waals surface area contributed by atoms with Gasteiger partial charge in [0.2, 0.25) is 0 Å². The third-order valence-corrected chi connectivity index (χ3v) is 4.11. The Morgan fingerprint density at radius 2 is 1.62 bits per heavy atom. The second-order valence-corrected chi connectivity index (χ2v) is 5.56. The Kier molecular flexibility index (Phi) is 2.58. The minimum Gasteiger partial charge on any atom is -0.303 e. The largest absolute Gasteiger partial charge is 0.303 e. The summed E-state index contributed by atoms with van der Waals surface area (Å²) in [6.07, 6.45) is 0. The molecule has 4 rings (SSSR count). The van der Waals surface area contributed by atoms with Crippen molar-refractivity contribution in [2.75, 3.05) is 4.90 Å². The molecule has 21 heavy (non-hydrogen) atoms. The van der Waals surface area contributed by atoms with Gasteiger partial charge in [-0.25, -0.2) is 0 Å². The normalized spacial score (nSPS) is 13.2. The smallest absolute Gasteiger partial charge is 0.259 e. The number of hydrogen-bond acceptors (Lipinski definition) is 1. The summed E-state index contributed by atoms with van der Waals surface area (Å²) in [4.78, 5) is 14.6. The fraction of sp³-hybridized carbons (Fsp3) is 0.105. The van der Waals surface area contributed by atoms with Crippen LogP contribution in [0.1, 0.15) is 21.5 Å². The van der Waals surface area contributed by atoms with E-state index in [4.69, 9.17) is 0 Å².